The minimum Gasteiger partial charge on any atom is -0.278 e. The number of benzene rings is 9. The summed E-state index contributed by atoms with van der Waals surface area (Å²) in [6.07, 6.45) is 0. The third-order valence-corrected chi connectivity index (χ3v) is 13.6. The smallest absolute Gasteiger partial charge is 0.235 e. The summed E-state index contributed by atoms with van der Waals surface area (Å²) in [5.74, 6) is 0.691. The van der Waals surface area contributed by atoms with Crippen LogP contribution in [0, 0.1) is 0 Å². The second-order valence-corrected chi connectivity index (χ2v) is 16.3. The third kappa shape index (κ3) is 3.58. The topological polar surface area (TPSA) is 30.7 Å². The van der Waals surface area contributed by atoms with E-state index in [-0.39, 0.29) is 0 Å². The van der Waals surface area contributed by atoms with E-state index in [4.69, 9.17) is 9.97 Å². The Morgan fingerprint density at radius 1 is 0.375 bits per heavy atom. The zero-order valence-corrected chi connectivity index (χ0v) is 30.7. The summed E-state index contributed by atoms with van der Waals surface area (Å²) in [5, 5.41) is 21.5. The van der Waals surface area contributed by atoms with E-state index >= 15 is 0 Å². The number of fused-ring (bicyclic) bond motifs is 12. The Morgan fingerprint density at radius 3 is 1.79 bits per heavy atom. The number of nitrogens with zero attached hydrogens (tertiary/aromatic N) is 3. The molecular weight excluding hydrogens is 699 g/mol. The summed E-state index contributed by atoms with van der Waals surface area (Å²) < 4.78 is 4.68. The maximum absolute atomic E-state index is 5.65. The lowest BCUT2D eigenvalue weighted by Gasteiger charge is -2.12. The van der Waals surface area contributed by atoms with E-state index < -0.39 is 0 Å². The van der Waals surface area contributed by atoms with Gasteiger partial charge < -0.3 is 0 Å². The van der Waals surface area contributed by atoms with Gasteiger partial charge in [0.15, 0.2) is 0 Å². The first-order chi connectivity index (χ1) is 27.8. The molecule has 0 bridgehead atoms. The predicted molar refractivity (Wildman–Crippen MR) is 240 cm³/mol. The van der Waals surface area contributed by atoms with Crippen molar-refractivity contribution in [1.29, 1.82) is 0 Å². The highest BCUT2D eigenvalue weighted by molar-refractivity contribution is 7.26. The Balaban J connectivity index is 1.18. The van der Waals surface area contributed by atoms with Gasteiger partial charge >= 0.3 is 0 Å². The van der Waals surface area contributed by atoms with E-state index in [1.165, 1.54) is 90.9 Å². The van der Waals surface area contributed by atoms with Crippen molar-refractivity contribution in [1.82, 2.24) is 14.5 Å². The Labute approximate surface area is 323 Å². The van der Waals surface area contributed by atoms with Crippen molar-refractivity contribution in [2.24, 2.45) is 0 Å². The maximum atomic E-state index is 5.65. The van der Waals surface area contributed by atoms with Crippen LogP contribution in [0.4, 0.5) is 0 Å². The van der Waals surface area contributed by atoms with E-state index in [9.17, 15) is 0 Å². The molecule has 0 aliphatic carbocycles. The number of hydrogen-bond acceptors (Lipinski definition) is 3. The molecule has 0 fully saturated rings. The molecule has 56 heavy (non-hydrogen) atoms. The monoisotopic (exact) mass is 725 g/mol. The molecule has 0 aliphatic heterocycles. The molecule has 4 heteroatoms. The molecule has 14 rings (SSSR count). The van der Waals surface area contributed by atoms with Gasteiger partial charge in [-0.05, 0) is 94.3 Å². The van der Waals surface area contributed by atoms with E-state index in [1.54, 1.807) is 11.3 Å². The molecule has 0 radical (unpaired) electrons. The number of thiophene rings is 1. The molecule has 3 aromatic heterocycles. The first-order valence-corrected chi connectivity index (χ1v) is 20.0. The molecule has 0 amide bonds. The fourth-order valence-electron chi connectivity index (χ4n) is 10.1. The zero-order valence-electron chi connectivity index (χ0n) is 29.8. The van der Waals surface area contributed by atoms with Crippen LogP contribution >= 0.6 is 11.3 Å². The summed E-state index contributed by atoms with van der Waals surface area (Å²) in [4.78, 5) is 11.2. The second kappa shape index (κ2) is 10.3. The van der Waals surface area contributed by atoms with E-state index in [0.717, 1.165) is 37.9 Å². The van der Waals surface area contributed by atoms with Crippen LogP contribution < -0.4 is 0 Å². The molecule has 3 nitrogen and oxygen atoms in total. The molecule has 0 N–H and O–H groups in total. The fourth-order valence-corrected chi connectivity index (χ4v) is 11.3. The normalized spacial score (nSPS) is 12.6. The van der Waals surface area contributed by atoms with Gasteiger partial charge in [-0.25, -0.2) is 9.97 Å². The van der Waals surface area contributed by atoms with Gasteiger partial charge in [0, 0.05) is 31.8 Å². The molecule has 0 spiro atoms. The van der Waals surface area contributed by atoms with Crippen LogP contribution in [-0.2, 0) is 0 Å². The molecule has 11 aromatic carbocycles. The van der Waals surface area contributed by atoms with Gasteiger partial charge in [-0.15, -0.1) is 11.3 Å². The zero-order chi connectivity index (χ0) is 36.2. The third-order valence-electron chi connectivity index (χ3n) is 12.5. The van der Waals surface area contributed by atoms with Crippen LogP contribution in [-0.4, -0.2) is 14.5 Å². The first kappa shape index (κ1) is 29.2. The number of rotatable bonds is 2. The maximum Gasteiger partial charge on any atom is 0.235 e. The molecule has 0 saturated heterocycles. The van der Waals surface area contributed by atoms with Crippen LogP contribution in [0.3, 0.4) is 0 Å². The lowest BCUT2D eigenvalue weighted by Crippen LogP contribution is -2.03. The van der Waals surface area contributed by atoms with Gasteiger partial charge in [0.1, 0.15) is 0 Å². The number of aromatic nitrogens is 3. The van der Waals surface area contributed by atoms with Crippen LogP contribution in [0.25, 0.3) is 135 Å². The Bertz CT molecular complexity index is 4000. The molecular formula is C52H27N3S. The van der Waals surface area contributed by atoms with Crippen molar-refractivity contribution in [2.75, 3.05) is 0 Å². The fraction of sp³-hybridized carbons (Fsp3) is 0. The first-order valence-electron chi connectivity index (χ1n) is 19.2. The molecule has 256 valence electrons. The largest absolute Gasteiger partial charge is 0.278 e. The molecule has 0 unspecified atom stereocenters. The highest BCUT2D eigenvalue weighted by Crippen LogP contribution is 2.50. The summed E-state index contributed by atoms with van der Waals surface area (Å²) in [5.41, 5.74) is 5.30. The number of hydrogen-bond donors (Lipinski definition) is 0. The highest BCUT2D eigenvalue weighted by atomic mass is 32.1. The summed E-state index contributed by atoms with van der Waals surface area (Å²) in [6.45, 7) is 0. The molecule has 0 saturated carbocycles. The van der Waals surface area contributed by atoms with Crippen LogP contribution in [0.15, 0.2) is 164 Å². The Kier molecular flexibility index (Phi) is 5.40. The van der Waals surface area contributed by atoms with Crippen molar-refractivity contribution < 1.29 is 0 Å². The van der Waals surface area contributed by atoms with Crippen molar-refractivity contribution in [3.8, 4) is 17.2 Å². The van der Waals surface area contributed by atoms with Crippen LogP contribution in [0.1, 0.15) is 0 Å². The van der Waals surface area contributed by atoms with E-state index in [1.807, 2.05) is 0 Å². The second-order valence-electron chi connectivity index (χ2n) is 15.2. The lowest BCUT2D eigenvalue weighted by atomic mass is 9.97. The Morgan fingerprint density at radius 2 is 0.982 bits per heavy atom. The van der Waals surface area contributed by atoms with Gasteiger partial charge in [0.25, 0.3) is 0 Å². The van der Waals surface area contributed by atoms with Gasteiger partial charge in [-0.2, -0.15) is 0 Å². The van der Waals surface area contributed by atoms with Crippen molar-refractivity contribution in [3.63, 3.8) is 0 Å². The Hall–Kier alpha value is -7.14. The molecule has 0 aliphatic rings. The van der Waals surface area contributed by atoms with Crippen LogP contribution in [0.5, 0.6) is 0 Å². The van der Waals surface area contributed by atoms with Crippen molar-refractivity contribution in [2.45, 2.75) is 0 Å². The summed E-state index contributed by atoms with van der Waals surface area (Å²) in [6, 6.07) is 60.3. The van der Waals surface area contributed by atoms with Crippen molar-refractivity contribution >= 4 is 129 Å². The molecule has 3 heterocycles. The predicted octanol–water partition coefficient (Wildman–Crippen LogP) is 14.6. The molecule has 0 atom stereocenters. The van der Waals surface area contributed by atoms with Gasteiger partial charge in [-0.3, -0.25) is 4.57 Å². The highest BCUT2D eigenvalue weighted by Gasteiger charge is 2.26. The van der Waals surface area contributed by atoms with E-state index in [0.29, 0.717) is 5.95 Å². The summed E-state index contributed by atoms with van der Waals surface area (Å²) >= 11 is 1.78. The lowest BCUT2D eigenvalue weighted by molar-refractivity contribution is 1.02. The average Bonchev–Trinajstić information content (AvgIpc) is 3.88. The summed E-state index contributed by atoms with van der Waals surface area (Å²) in [7, 11) is 0. The quantitative estimate of drug-likeness (QED) is 0.166. The van der Waals surface area contributed by atoms with Gasteiger partial charge in [-0.1, -0.05) is 140 Å². The SMILES string of the molecule is c1ccc2c(c1)ccc1cc(-c3nc(-n4c5cccc6c7ccccc7c7ccc8c9ccccc9c9cc4c(c7c89)c65)nc4c3sc3ccccc34)ccc12. The van der Waals surface area contributed by atoms with Gasteiger partial charge in [0.2, 0.25) is 5.95 Å². The minimum atomic E-state index is 0.691. The minimum absolute atomic E-state index is 0.691. The van der Waals surface area contributed by atoms with Gasteiger partial charge in [0.05, 0.1) is 26.9 Å². The van der Waals surface area contributed by atoms with E-state index in [2.05, 4.69) is 168 Å². The van der Waals surface area contributed by atoms with Crippen molar-refractivity contribution in [3.05, 3.63) is 164 Å². The molecule has 14 aromatic rings. The average molecular weight is 726 g/mol. The van der Waals surface area contributed by atoms with Crippen LogP contribution in [0.2, 0.25) is 0 Å². The standard InChI is InChI=1S/C52H27N3S/c1-2-11-31-28(10-1)20-21-29-26-30(22-23-32(29)31)49-51-50(40-16-7-8-19-44(40)56-51)54-52(53-49)55-42-18-9-17-37-33-12-3-4-13-34(33)39-25-24-38-35-14-5-6-15-36(35)41-27-43(55)48(46(37)42)47(39)45(38)41/h1-27H.